The topological polar surface area (TPSA) is 136 Å². The van der Waals surface area contributed by atoms with Gasteiger partial charge >= 0.3 is 0 Å². The lowest BCUT2D eigenvalue weighted by molar-refractivity contribution is -0.129. The Bertz CT molecular complexity index is 1490. The minimum absolute atomic E-state index is 0.0677. The van der Waals surface area contributed by atoms with Crippen molar-refractivity contribution in [2.24, 2.45) is 0 Å². The van der Waals surface area contributed by atoms with Crippen LogP contribution >= 0.6 is 11.6 Å². The van der Waals surface area contributed by atoms with Crippen LogP contribution in [-0.4, -0.2) is 94.6 Å². The molecule has 1 unspecified atom stereocenters. The smallest absolute Gasteiger partial charge is 0.251 e. The molecular weight excluding hydrogens is 598 g/mol. The van der Waals surface area contributed by atoms with Crippen LogP contribution < -0.4 is 20.3 Å². The quantitative estimate of drug-likeness (QED) is 0.288. The highest BCUT2D eigenvalue weighted by atomic mass is 35.5. The molecule has 2 fully saturated rings. The Morgan fingerprint density at radius 2 is 2.00 bits per heavy atom. The second kappa shape index (κ2) is 14.1. The summed E-state index contributed by atoms with van der Waals surface area (Å²) in [5.74, 6) is 2.42. The summed E-state index contributed by atoms with van der Waals surface area (Å²) >= 11 is 6.68. The van der Waals surface area contributed by atoms with Crippen molar-refractivity contribution in [2.45, 2.75) is 57.9 Å². The summed E-state index contributed by atoms with van der Waals surface area (Å²) < 4.78 is 11.1. The number of nitrogens with zero attached hydrogens (tertiary/aromatic N) is 5. The van der Waals surface area contributed by atoms with E-state index in [-0.39, 0.29) is 25.0 Å². The Labute approximate surface area is 267 Å². The van der Waals surface area contributed by atoms with Crippen LogP contribution in [0.5, 0.6) is 5.75 Å². The number of anilines is 2. The average molecular weight is 638 g/mol. The monoisotopic (exact) mass is 637 g/mol. The summed E-state index contributed by atoms with van der Waals surface area (Å²) in [4.78, 5) is 39.9. The molecule has 13 heteroatoms. The molecule has 12 nitrogen and oxygen atoms in total. The van der Waals surface area contributed by atoms with Crippen molar-refractivity contribution in [3.05, 3.63) is 64.3 Å². The van der Waals surface area contributed by atoms with Gasteiger partial charge < -0.3 is 34.7 Å². The van der Waals surface area contributed by atoms with Gasteiger partial charge in [0.2, 0.25) is 5.91 Å². The van der Waals surface area contributed by atoms with Crippen LogP contribution in [0.25, 0.3) is 0 Å². The van der Waals surface area contributed by atoms with Crippen LogP contribution in [0, 0.1) is 0 Å². The number of aromatic nitrogens is 2. The van der Waals surface area contributed by atoms with Gasteiger partial charge in [0.25, 0.3) is 5.91 Å². The minimum Gasteiger partial charge on any atom is -0.484 e. The molecule has 1 saturated carbocycles. The second-order valence-corrected chi connectivity index (χ2v) is 12.4. The van der Waals surface area contributed by atoms with Crippen LogP contribution in [0.2, 0.25) is 5.02 Å². The summed E-state index contributed by atoms with van der Waals surface area (Å²) in [6.45, 7) is 6.29. The van der Waals surface area contributed by atoms with Gasteiger partial charge in [0.1, 0.15) is 24.0 Å². The van der Waals surface area contributed by atoms with E-state index in [0.717, 1.165) is 36.9 Å². The Morgan fingerprint density at radius 1 is 1.18 bits per heavy atom. The number of rotatable bonds is 11. The Morgan fingerprint density at radius 3 is 2.71 bits per heavy atom. The zero-order valence-corrected chi connectivity index (χ0v) is 26.3. The molecule has 45 heavy (non-hydrogen) atoms. The van der Waals surface area contributed by atoms with Crippen molar-refractivity contribution in [3.63, 3.8) is 0 Å². The first-order valence-electron chi connectivity index (χ1n) is 15.6. The van der Waals surface area contributed by atoms with Gasteiger partial charge in [-0.1, -0.05) is 17.7 Å². The number of β-amino-alcohol motifs (C(OH)–C–C–N with tert-alkyl or cyclic N) is 1. The number of benzene rings is 1. The first-order valence-corrected chi connectivity index (χ1v) is 16.0. The maximum Gasteiger partial charge on any atom is 0.251 e. The minimum atomic E-state index is -0.746. The molecule has 0 spiro atoms. The van der Waals surface area contributed by atoms with Gasteiger partial charge in [-0.2, -0.15) is 0 Å². The lowest BCUT2D eigenvalue weighted by atomic mass is 9.93. The fraction of sp³-hybridized carbons (Fsp3) is 0.500. The maximum absolute atomic E-state index is 13.3. The number of ether oxygens (including phenoxy) is 1. The van der Waals surface area contributed by atoms with E-state index in [1.807, 2.05) is 17.0 Å². The molecule has 0 radical (unpaired) electrons. The van der Waals surface area contributed by atoms with Crippen LogP contribution in [0.1, 0.15) is 53.4 Å². The van der Waals surface area contributed by atoms with E-state index in [4.69, 9.17) is 25.7 Å². The van der Waals surface area contributed by atoms with Gasteiger partial charge in [-0.3, -0.25) is 14.5 Å². The molecule has 240 valence electrons. The van der Waals surface area contributed by atoms with Crippen molar-refractivity contribution in [2.75, 3.05) is 56.0 Å². The zero-order valence-electron chi connectivity index (χ0n) is 25.5. The van der Waals surface area contributed by atoms with Gasteiger partial charge in [-0.25, -0.2) is 9.97 Å². The summed E-state index contributed by atoms with van der Waals surface area (Å²) in [5, 5.41) is 17.8. The van der Waals surface area contributed by atoms with Crippen molar-refractivity contribution in [1.82, 2.24) is 25.1 Å². The number of hydrogen-bond acceptors (Lipinski definition) is 10. The number of piperazine rings is 1. The van der Waals surface area contributed by atoms with Crippen molar-refractivity contribution in [3.8, 4) is 5.75 Å². The van der Waals surface area contributed by atoms with E-state index in [1.165, 1.54) is 12.8 Å². The lowest BCUT2D eigenvalue weighted by Gasteiger charge is -2.35. The Kier molecular flexibility index (Phi) is 9.72. The molecular formula is C32H40ClN7O5. The predicted octanol–water partition coefficient (Wildman–Crippen LogP) is 3.08. The highest BCUT2D eigenvalue weighted by Gasteiger charge is 2.25. The number of pyridine rings is 1. The van der Waals surface area contributed by atoms with Crippen molar-refractivity contribution >= 4 is 35.1 Å². The van der Waals surface area contributed by atoms with Gasteiger partial charge in [0, 0.05) is 70.9 Å². The number of carbonyl (C=O) groups is 2. The molecule has 2 aliphatic heterocycles. The molecule has 1 atom stereocenters. The molecule has 6 rings (SSSR count). The number of aliphatic hydroxyl groups excluding tert-OH is 1. The molecule has 3 aromatic rings. The van der Waals surface area contributed by atoms with Crippen LogP contribution in [0.3, 0.4) is 0 Å². The van der Waals surface area contributed by atoms with Crippen LogP contribution in [-0.2, 0) is 24.4 Å². The number of fused-ring (bicyclic) bond motifs is 1. The number of amides is 2. The standard InChI is InChI=1S/C32H40ClN7O5/c1-21(41)39-9-11-40(12-10-39)30-14-23(13-29(37-30)36-24-3-2-4-24)32(43)35-15-25(42)18-38-8-7-27-22(17-38)5-6-28(31(27)33)44-19-26-16-34-20-45-26/h5-6,13-14,16,20,24-25,42H,2-4,7-12,15,17-19H2,1H3,(H,35,43)(H,36,37). The molecule has 2 aromatic heterocycles. The fourth-order valence-electron chi connectivity index (χ4n) is 5.95. The summed E-state index contributed by atoms with van der Waals surface area (Å²) in [6.07, 6.45) is 6.31. The van der Waals surface area contributed by atoms with Gasteiger partial charge in [0.15, 0.2) is 12.2 Å². The number of nitrogens with one attached hydrogen (secondary N) is 2. The number of hydrogen-bond donors (Lipinski definition) is 3. The first-order chi connectivity index (χ1) is 21.8. The number of oxazole rings is 1. The Balaban J connectivity index is 1.03. The van der Waals surface area contributed by atoms with E-state index in [9.17, 15) is 14.7 Å². The second-order valence-electron chi connectivity index (χ2n) is 12.0. The molecule has 1 aliphatic carbocycles. The third-order valence-corrected chi connectivity index (χ3v) is 9.19. The first kappa shape index (κ1) is 31.1. The van der Waals surface area contributed by atoms with E-state index in [2.05, 4.69) is 25.4 Å². The average Bonchev–Trinajstić information content (AvgIpc) is 3.55. The van der Waals surface area contributed by atoms with E-state index in [1.54, 1.807) is 25.3 Å². The van der Waals surface area contributed by atoms with Crippen LogP contribution in [0.4, 0.5) is 11.6 Å². The van der Waals surface area contributed by atoms with Gasteiger partial charge in [-0.05, 0) is 55.0 Å². The summed E-state index contributed by atoms with van der Waals surface area (Å²) in [6, 6.07) is 7.81. The highest BCUT2D eigenvalue weighted by molar-refractivity contribution is 6.33. The number of aliphatic hydroxyl groups is 1. The molecule has 0 bridgehead atoms. The largest absolute Gasteiger partial charge is 0.484 e. The molecule has 4 heterocycles. The van der Waals surface area contributed by atoms with Gasteiger partial charge in [0.05, 0.1) is 17.3 Å². The van der Waals surface area contributed by atoms with Crippen molar-refractivity contribution < 1.29 is 23.8 Å². The summed E-state index contributed by atoms with van der Waals surface area (Å²) in [5.41, 5.74) is 2.63. The third kappa shape index (κ3) is 7.69. The van der Waals surface area contributed by atoms with E-state index >= 15 is 0 Å². The number of carbonyl (C=O) groups excluding carboxylic acids is 2. The van der Waals surface area contributed by atoms with Crippen LogP contribution in [0.15, 0.2) is 41.3 Å². The molecule has 3 N–H and O–H groups in total. The number of halogens is 1. The maximum atomic E-state index is 13.3. The normalized spacial score (nSPS) is 17.8. The van der Waals surface area contributed by atoms with Gasteiger partial charge in [-0.15, -0.1) is 0 Å². The SMILES string of the molecule is CC(=O)N1CCN(c2cc(C(=O)NCC(O)CN3CCc4c(ccc(OCc5cnco5)c4Cl)C3)cc(NC3CCC3)n2)CC1. The molecule has 1 aromatic carbocycles. The zero-order chi connectivity index (χ0) is 31.3. The summed E-state index contributed by atoms with van der Waals surface area (Å²) in [7, 11) is 0. The highest BCUT2D eigenvalue weighted by Crippen LogP contribution is 2.34. The fourth-order valence-corrected chi connectivity index (χ4v) is 6.28. The molecule has 2 amide bonds. The lowest BCUT2D eigenvalue weighted by Crippen LogP contribution is -2.48. The van der Waals surface area contributed by atoms with Crippen molar-refractivity contribution in [1.29, 1.82) is 0 Å². The molecule has 1 saturated heterocycles. The third-order valence-electron chi connectivity index (χ3n) is 8.78. The predicted molar refractivity (Wildman–Crippen MR) is 170 cm³/mol. The Hall–Kier alpha value is -3.87. The molecule has 3 aliphatic rings. The van der Waals surface area contributed by atoms with E-state index < -0.39 is 6.10 Å². The van der Waals surface area contributed by atoms with E-state index in [0.29, 0.717) is 79.0 Å².